The number of furan rings is 1. The summed E-state index contributed by atoms with van der Waals surface area (Å²) in [6, 6.07) is 19.6. The Labute approximate surface area is 146 Å². The van der Waals surface area contributed by atoms with E-state index in [2.05, 4.69) is 87.0 Å². The topological polar surface area (TPSA) is 18.1 Å². The van der Waals surface area contributed by atoms with Crippen LogP contribution in [0.3, 0.4) is 0 Å². The first kappa shape index (κ1) is 14.6. The van der Waals surface area contributed by atoms with Crippen LogP contribution in [-0.4, -0.2) is 4.57 Å². The molecule has 0 saturated carbocycles. The van der Waals surface area contributed by atoms with Gasteiger partial charge in [-0.1, -0.05) is 51.1 Å². The predicted octanol–water partition coefficient (Wildman–Crippen LogP) is 6.53. The molecule has 2 aromatic heterocycles. The number of aromatic nitrogens is 1. The fourth-order valence-electron chi connectivity index (χ4n) is 3.94. The molecule has 0 radical (unpaired) electrons. The molecule has 0 aliphatic carbocycles. The fraction of sp³-hybridized carbons (Fsp3) is 0.217. The monoisotopic (exact) mass is 327 g/mol. The summed E-state index contributed by atoms with van der Waals surface area (Å²) in [5.41, 5.74) is 5.83. The number of aryl methyl sites for hydroxylation is 1. The van der Waals surface area contributed by atoms with Crippen molar-refractivity contribution in [1.82, 2.24) is 4.57 Å². The van der Waals surface area contributed by atoms with E-state index in [9.17, 15) is 0 Å². The van der Waals surface area contributed by atoms with Gasteiger partial charge in [0.2, 0.25) is 0 Å². The number of benzene rings is 3. The summed E-state index contributed by atoms with van der Waals surface area (Å²) < 4.78 is 8.66. The molecule has 0 fully saturated rings. The van der Waals surface area contributed by atoms with Crippen LogP contribution in [-0.2, 0) is 12.5 Å². The van der Waals surface area contributed by atoms with Gasteiger partial charge in [-0.2, -0.15) is 0 Å². The van der Waals surface area contributed by atoms with Crippen molar-refractivity contribution in [3.8, 4) is 0 Å². The first-order valence-corrected chi connectivity index (χ1v) is 8.78. The van der Waals surface area contributed by atoms with E-state index in [1.165, 1.54) is 38.1 Å². The maximum atomic E-state index is 6.41. The van der Waals surface area contributed by atoms with E-state index in [1.807, 2.05) is 0 Å². The lowest BCUT2D eigenvalue weighted by atomic mass is 9.87. The van der Waals surface area contributed by atoms with Gasteiger partial charge in [-0.25, -0.2) is 0 Å². The summed E-state index contributed by atoms with van der Waals surface area (Å²) in [5, 5.41) is 4.85. The second-order valence-electron chi connectivity index (χ2n) is 7.98. The average molecular weight is 327 g/mol. The molecule has 0 N–H and O–H groups in total. The van der Waals surface area contributed by atoms with Gasteiger partial charge in [0.05, 0.1) is 10.9 Å². The van der Waals surface area contributed by atoms with Gasteiger partial charge < -0.3 is 8.98 Å². The van der Waals surface area contributed by atoms with Crippen LogP contribution >= 0.6 is 0 Å². The lowest BCUT2D eigenvalue weighted by Gasteiger charge is -2.18. The number of hydrogen-bond donors (Lipinski definition) is 0. The molecule has 2 heterocycles. The second-order valence-corrected chi connectivity index (χ2v) is 7.98. The summed E-state index contributed by atoms with van der Waals surface area (Å²) in [4.78, 5) is 0. The first-order chi connectivity index (χ1) is 11.9. The summed E-state index contributed by atoms with van der Waals surface area (Å²) >= 11 is 0. The number of hydrogen-bond acceptors (Lipinski definition) is 1. The lowest BCUT2D eigenvalue weighted by molar-refractivity contribution is 0.588. The van der Waals surface area contributed by atoms with Crippen molar-refractivity contribution >= 4 is 43.7 Å². The van der Waals surface area contributed by atoms with Gasteiger partial charge in [0.15, 0.2) is 0 Å². The zero-order valence-electron chi connectivity index (χ0n) is 15.1. The Kier molecular flexibility index (Phi) is 2.72. The molecule has 0 atom stereocenters. The number of nitrogens with zero attached hydrogens (tertiary/aromatic N) is 1. The van der Waals surface area contributed by atoms with Crippen LogP contribution in [0.2, 0.25) is 0 Å². The van der Waals surface area contributed by atoms with Gasteiger partial charge >= 0.3 is 0 Å². The maximum Gasteiger partial charge on any atom is 0.145 e. The largest absolute Gasteiger partial charge is 0.455 e. The van der Waals surface area contributed by atoms with Crippen molar-refractivity contribution in [3.05, 3.63) is 60.2 Å². The Morgan fingerprint density at radius 3 is 2.36 bits per heavy atom. The van der Waals surface area contributed by atoms with Crippen molar-refractivity contribution in [2.75, 3.05) is 0 Å². The molecule has 25 heavy (non-hydrogen) atoms. The van der Waals surface area contributed by atoms with E-state index in [1.54, 1.807) is 0 Å². The molecule has 0 spiro atoms. The summed E-state index contributed by atoms with van der Waals surface area (Å²) in [6.07, 6.45) is 0. The zero-order valence-corrected chi connectivity index (χ0v) is 15.1. The molecule has 0 aliphatic heterocycles. The van der Waals surface area contributed by atoms with Crippen LogP contribution < -0.4 is 0 Å². The number of para-hydroxylation sites is 1. The average Bonchev–Trinajstić information content (AvgIpc) is 3.10. The molecule has 0 amide bonds. The minimum absolute atomic E-state index is 0.113. The smallest absolute Gasteiger partial charge is 0.145 e. The van der Waals surface area contributed by atoms with Crippen molar-refractivity contribution in [1.29, 1.82) is 0 Å². The van der Waals surface area contributed by atoms with Crippen LogP contribution in [0.1, 0.15) is 26.3 Å². The third-order valence-electron chi connectivity index (χ3n) is 5.38. The Bertz CT molecular complexity index is 1280. The third-order valence-corrected chi connectivity index (χ3v) is 5.38. The van der Waals surface area contributed by atoms with Crippen molar-refractivity contribution in [2.45, 2.75) is 26.2 Å². The summed E-state index contributed by atoms with van der Waals surface area (Å²) in [6.45, 7) is 6.71. The molecular formula is C23H21NO. The van der Waals surface area contributed by atoms with Crippen LogP contribution in [0.15, 0.2) is 59.0 Å². The van der Waals surface area contributed by atoms with Gasteiger partial charge in [0.1, 0.15) is 11.2 Å². The van der Waals surface area contributed by atoms with Gasteiger partial charge in [0.25, 0.3) is 0 Å². The zero-order chi connectivity index (χ0) is 17.3. The van der Waals surface area contributed by atoms with Gasteiger partial charge in [-0.05, 0) is 35.2 Å². The Hall–Kier alpha value is -2.74. The van der Waals surface area contributed by atoms with Crippen molar-refractivity contribution in [3.63, 3.8) is 0 Å². The molecule has 2 heteroatoms. The Balaban J connectivity index is 1.97. The Morgan fingerprint density at radius 2 is 1.56 bits per heavy atom. The highest BCUT2D eigenvalue weighted by Crippen LogP contribution is 2.39. The molecule has 0 bridgehead atoms. The third kappa shape index (κ3) is 1.91. The molecule has 2 nitrogen and oxygen atoms in total. The molecule has 0 saturated heterocycles. The van der Waals surface area contributed by atoms with E-state index in [-0.39, 0.29) is 5.41 Å². The van der Waals surface area contributed by atoms with Crippen molar-refractivity contribution < 1.29 is 4.42 Å². The van der Waals surface area contributed by atoms with Crippen molar-refractivity contribution in [2.24, 2.45) is 7.05 Å². The van der Waals surface area contributed by atoms with E-state index in [0.717, 1.165) is 11.2 Å². The Morgan fingerprint density at radius 1 is 0.800 bits per heavy atom. The fourth-order valence-corrected chi connectivity index (χ4v) is 3.94. The van der Waals surface area contributed by atoms with Crippen LogP contribution in [0.5, 0.6) is 0 Å². The minimum atomic E-state index is 0.113. The van der Waals surface area contributed by atoms with Crippen LogP contribution in [0.25, 0.3) is 43.7 Å². The summed E-state index contributed by atoms with van der Waals surface area (Å²) in [5.74, 6) is 0. The van der Waals surface area contributed by atoms with E-state index < -0.39 is 0 Å². The highest BCUT2D eigenvalue weighted by molar-refractivity contribution is 6.23. The molecule has 0 aliphatic rings. The highest BCUT2D eigenvalue weighted by Gasteiger charge is 2.19. The minimum Gasteiger partial charge on any atom is -0.455 e. The standard InChI is InChI=1S/C23H21NO/c1-23(2,3)14-9-10-15-16-11-12-19-21(22(16)25-20(15)13-14)17-7-5-6-8-18(17)24(19)4/h5-13H,1-4H3. The molecular weight excluding hydrogens is 306 g/mol. The molecule has 0 unspecified atom stereocenters. The second kappa shape index (κ2) is 4.66. The molecule has 5 aromatic rings. The maximum absolute atomic E-state index is 6.41. The number of rotatable bonds is 0. The molecule has 3 aromatic carbocycles. The van der Waals surface area contributed by atoms with E-state index in [4.69, 9.17) is 4.42 Å². The van der Waals surface area contributed by atoms with E-state index in [0.29, 0.717) is 0 Å². The molecule has 5 rings (SSSR count). The van der Waals surface area contributed by atoms with E-state index >= 15 is 0 Å². The SMILES string of the molecule is Cn1c2ccccc2c2c3oc4cc(C(C)(C)C)ccc4c3ccc21. The van der Waals surface area contributed by atoms with Crippen LogP contribution in [0, 0.1) is 0 Å². The summed E-state index contributed by atoms with van der Waals surface area (Å²) in [7, 11) is 2.12. The normalized spacial score (nSPS) is 12.8. The van der Waals surface area contributed by atoms with Gasteiger partial charge in [0, 0.05) is 28.7 Å². The molecule has 124 valence electrons. The van der Waals surface area contributed by atoms with Crippen LogP contribution in [0.4, 0.5) is 0 Å². The lowest BCUT2D eigenvalue weighted by Crippen LogP contribution is -2.10. The quantitative estimate of drug-likeness (QED) is 0.316. The van der Waals surface area contributed by atoms with Gasteiger partial charge in [-0.3, -0.25) is 0 Å². The highest BCUT2D eigenvalue weighted by atomic mass is 16.3. The number of fused-ring (bicyclic) bond motifs is 7. The first-order valence-electron chi connectivity index (χ1n) is 8.78. The predicted molar refractivity (Wildman–Crippen MR) is 106 cm³/mol. The van der Waals surface area contributed by atoms with Gasteiger partial charge in [-0.15, -0.1) is 0 Å².